The molecule has 1 aromatic carbocycles. The van der Waals surface area contributed by atoms with Crippen molar-refractivity contribution >= 4 is 29.9 Å². The summed E-state index contributed by atoms with van der Waals surface area (Å²) in [7, 11) is 0. The molecule has 0 saturated heterocycles. The van der Waals surface area contributed by atoms with E-state index in [0.717, 1.165) is 12.1 Å². The number of hydrogen-bond donors (Lipinski definition) is 0. The summed E-state index contributed by atoms with van der Waals surface area (Å²) < 4.78 is 0. The number of hydrogen-bond acceptors (Lipinski definition) is 4. The molecule has 14 heavy (non-hydrogen) atoms. The maximum atomic E-state index is 10.5. The zero-order valence-corrected chi connectivity index (χ0v) is 7.52. The topological polar surface area (TPSA) is 77.3 Å². The highest BCUT2D eigenvalue weighted by molar-refractivity contribution is 6.31. The number of aldehydes is 2. The van der Waals surface area contributed by atoms with E-state index in [2.05, 4.69) is 0 Å². The van der Waals surface area contributed by atoms with E-state index in [9.17, 15) is 19.7 Å². The molecule has 0 saturated carbocycles. The number of nitrogens with zero attached hydrogens (tertiary/aromatic N) is 1. The molecule has 0 N–H and O–H groups in total. The molecule has 6 heteroatoms. The summed E-state index contributed by atoms with van der Waals surface area (Å²) in [5.41, 5.74) is -0.923. The van der Waals surface area contributed by atoms with Crippen LogP contribution in [0.1, 0.15) is 20.7 Å². The molecule has 0 unspecified atom stereocenters. The summed E-state index contributed by atoms with van der Waals surface area (Å²) in [6.07, 6.45) is 0.577. The summed E-state index contributed by atoms with van der Waals surface area (Å²) in [6.45, 7) is 0. The molecule has 0 aromatic heterocycles. The van der Waals surface area contributed by atoms with E-state index >= 15 is 0 Å². The number of rotatable bonds is 3. The van der Waals surface area contributed by atoms with Crippen molar-refractivity contribution in [3.05, 3.63) is 38.4 Å². The van der Waals surface area contributed by atoms with E-state index in [1.807, 2.05) is 0 Å². The fraction of sp³-hybridized carbons (Fsp3) is 0. The molecule has 1 rings (SSSR count). The molecule has 72 valence electrons. The first-order chi connectivity index (χ1) is 6.60. The van der Waals surface area contributed by atoms with Gasteiger partial charge in [0.1, 0.15) is 0 Å². The lowest BCUT2D eigenvalue weighted by molar-refractivity contribution is -0.385. The van der Waals surface area contributed by atoms with Gasteiger partial charge in [0.15, 0.2) is 12.6 Å². The van der Waals surface area contributed by atoms with E-state index < -0.39 is 10.6 Å². The van der Waals surface area contributed by atoms with Crippen molar-refractivity contribution in [1.29, 1.82) is 0 Å². The van der Waals surface area contributed by atoms with Gasteiger partial charge in [-0.05, 0) is 12.1 Å². The van der Waals surface area contributed by atoms with Gasteiger partial charge in [0, 0.05) is 5.02 Å². The molecule has 0 aliphatic carbocycles. The number of carbonyl (C=O) groups is 2. The van der Waals surface area contributed by atoms with Crippen molar-refractivity contribution < 1.29 is 14.5 Å². The third-order valence-corrected chi connectivity index (χ3v) is 1.79. The van der Waals surface area contributed by atoms with Crippen LogP contribution in [0.25, 0.3) is 0 Å². The summed E-state index contributed by atoms with van der Waals surface area (Å²) in [5, 5.41) is 10.6. The average Bonchev–Trinajstić information content (AvgIpc) is 2.15. The van der Waals surface area contributed by atoms with Crippen LogP contribution in [0.3, 0.4) is 0 Å². The first kappa shape index (κ1) is 10.3. The summed E-state index contributed by atoms with van der Waals surface area (Å²) >= 11 is 5.54. The minimum Gasteiger partial charge on any atom is -0.298 e. The maximum Gasteiger partial charge on any atom is 0.290 e. The van der Waals surface area contributed by atoms with Gasteiger partial charge in [-0.15, -0.1) is 0 Å². The quantitative estimate of drug-likeness (QED) is 0.436. The second-order valence-electron chi connectivity index (χ2n) is 2.43. The molecule has 0 amide bonds. The molecule has 0 aliphatic heterocycles. The van der Waals surface area contributed by atoms with Gasteiger partial charge >= 0.3 is 0 Å². The van der Waals surface area contributed by atoms with Crippen molar-refractivity contribution in [2.75, 3.05) is 0 Å². The molecule has 5 nitrogen and oxygen atoms in total. The molecular weight excluding hydrogens is 210 g/mol. The predicted octanol–water partition coefficient (Wildman–Crippen LogP) is 1.87. The van der Waals surface area contributed by atoms with E-state index in [-0.39, 0.29) is 28.7 Å². The van der Waals surface area contributed by atoms with Crippen LogP contribution in [-0.4, -0.2) is 17.5 Å². The predicted molar refractivity (Wildman–Crippen MR) is 48.9 cm³/mol. The highest BCUT2D eigenvalue weighted by Gasteiger charge is 2.19. The Morgan fingerprint density at radius 1 is 1.21 bits per heavy atom. The van der Waals surface area contributed by atoms with Gasteiger partial charge in [0.05, 0.1) is 16.1 Å². The second-order valence-corrected chi connectivity index (χ2v) is 2.86. The van der Waals surface area contributed by atoms with E-state index in [0.29, 0.717) is 0 Å². The summed E-state index contributed by atoms with van der Waals surface area (Å²) in [4.78, 5) is 30.7. The van der Waals surface area contributed by atoms with Crippen molar-refractivity contribution in [2.45, 2.75) is 0 Å². The standard InChI is InChI=1S/C8H4ClNO4/c9-7-1-5(3-11)8(10(13)14)6(2-7)4-12/h1-4H. The second kappa shape index (κ2) is 3.97. The van der Waals surface area contributed by atoms with Crippen molar-refractivity contribution in [1.82, 2.24) is 0 Å². The van der Waals surface area contributed by atoms with Crippen molar-refractivity contribution in [3.8, 4) is 0 Å². The molecule has 1 aromatic rings. The Labute approximate surface area is 83.4 Å². The highest BCUT2D eigenvalue weighted by atomic mass is 35.5. The van der Waals surface area contributed by atoms with Gasteiger partial charge in [0.2, 0.25) is 0 Å². The number of carbonyl (C=O) groups excluding carboxylic acids is 2. The Morgan fingerprint density at radius 3 is 1.93 bits per heavy atom. The third-order valence-electron chi connectivity index (χ3n) is 1.57. The Hall–Kier alpha value is -1.75. The first-order valence-corrected chi connectivity index (χ1v) is 3.86. The first-order valence-electron chi connectivity index (χ1n) is 3.48. The number of halogens is 1. The van der Waals surface area contributed by atoms with Gasteiger partial charge in [-0.3, -0.25) is 19.7 Å². The van der Waals surface area contributed by atoms with Gasteiger partial charge in [0.25, 0.3) is 5.69 Å². The van der Waals surface area contributed by atoms with Crippen molar-refractivity contribution in [2.24, 2.45) is 0 Å². The van der Waals surface area contributed by atoms with E-state index in [4.69, 9.17) is 11.6 Å². The number of nitro benzene ring substituents is 1. The molecule has 0 spiro atoms. The van der Waals surface area contributed by atoms with Crippen LogP contribution < -0.4 is 0 Å². The minimum absolute atomic E-state index is 0.111. The summed E-state index contributed by atoms with van der Waals surface area (Å²) in [5.74, 6) is 0. The molecule has 0 fully saturated rings. The average molecular weight is 214 g/mol. The zero-order chi connectivity index (χ0) is 10.7. The lowest BCUT2D eigenvalue weighted by Crippen LogP contribution is -1.99. The van der Waals surface area contributed by atoms with E-state index in [1.54, 1.807) is 0 Å². The molecule has 0 radical (unpaired) electrons. The molecular formula is C8H4ClNO4. The highest BCUT2D eigenvalue weighted by Crippen LogP contribution is 2.25. The Bertz CT molecular complexity index is 387. The van der Waals surface area contributed by atoms with Gasteiger partial charge in [-0.1, -0.05) is 11.6 Å². The summed E-state index contributed by atoms with van der Waals surface area (Å²) in [6, 6.07) is 2.28. The smallest absolute Gasteiger partial charge is 0.290 e. The normalized spacial score (nSPS) is 9.50. The largest absolute Gasteiger partial charge is 0.298 e. The van der Waals surface area contributed by atoms with Crippen molar-refractivity contribution in [3.63, 3.8) is 0 Å². The zero-order valence-electron chi connectivity index (χ0n) is 6.77. The fourth-order valence-electron chi connectivity index (χ4n) is 1.03. The SMILES string of the molecule is O=Cc1cc(Cl)cc(C=O)c1[N+](=O)[O-]. The molecule has 0 heterocycles. The van der Waals surface area contributed by atoms with Crippen LogP contribution >= 0.6 is 11.6 Å². The van der Waals surface area contributed by atoms with Crippen LogP contribution in [0.15, 0.2) is 12.1 Å². The number of benzene rings is 1. The molecule has 0 aliphatic rings. The molecule has 0 bridgehead atoms. The fourth-order valence-corrected chi connectivity index (χ4v) is 1.27. The van der Waals surface area contributed by atoms with Crippen LogP contribution in [0.4, 0.5) is 5.69 Å². The van der Waals surface area contributed by atoms with Crippen LogP contribution in [0.5, 0.6) is 0 Å². The Balaban J connectivity index is 3.56. The molecule has 0 atom stereocenters. The monoisotopic (exact) mass is 213 g/mol. The van der Waals surface area contributed by atoms with Crippen LogP contribution in [-0.2, 0) is 0 Å². The lowest BCUT2D eigenvalue weighted by Gasteiger charge is -1.99. The third kappa shape index (κ3) is 1.77. The number of nitro groups is 1. The Morgan fingerprint density at radius 2 is 1.64 bits per heavy atom. The van der Waals surface area contributed by atoms with Gasteiger partial charge in [-0.25, -0.2) is 0 Å². The lowest BCUT2D eigenvalue weighted by atomic mass is 10.1. The maximum absolute atomic E-state index is 10.5. The van der Waals surface area contributed by atoms with Crippen LogP contribution in [0.2, 0.25) is 5.02 Å². The Kier molecular flexibility index (Phi) is 2.93. The van der Waals surface area contributed by atoms with E-state index in [1.165, 1.54) is 0 Å². The van der Waals surface area contributed by atoms with Gasteiger partial charge in [-0.2, -0.15) is 0 Å². The van der Waals surface area contributed by atoms with Crippen LogP contribution in [0, 0.1) is 10.1 Å². The van der Waals surface area contributed by atoms with Gasteiger partial charge < -0.3 is 0 Å². The minimum atomic E-state index is -0.788.